The molecular formula is C17H19N3. The first-order valence-electron chi connectivity index (χ1n) is 6.72. The normalized spacial score (nSPS) is 10.3. The number of hydrogen-bond acceptors (Lipinski definition) is 3. The number of rotatable bonds is 4. The standard InChI is InChI=1S/C17H19N3/c1-13(2)20(12-15-5-3-4-6-17(15)19)16-9-7-14(11-18)8-10-16/h3-10,13H,12,19H2,1-2H3. The van der Waals surface area contributed by atoms with E-state index in [1.54, 1.807) is 0 Å². The summed E-state index contributed by atoms with van der Waals surface area (Å²) in [6.45, 7) is 5.06. The number of anilines is 2. The molecule has 0 aromatic heterocycles. The molecule has 0 heterocycles. The van der Waals surface area contributed by atoms with Crippen LogP contribution in [0.4, 0.5) is 11.4 Å². The van der Waals surface area contributed by atoms with E-state index in [9.17, 15) is 0 Å². The molecule has 3 nitrogen and oxygen atoms in total. The van der Waals surface area contributed by atoms with Crippen LogP contribution in [-0.4, -0.2) is 6.04 Å². The predicted molar refractivity (Wildman–Crippen MR) is 83.3 cm³/mol. The van der Waals surface area contributed by atoms with Gasteiger partial charge in [-0.2, -0.15) is 5.26 Å². The zero-order valence-corrected chi connectivity index (χ0v) is 11.9. The van der Waals surface area contributed by atoms with E-state index in [0.29, 0.717) is 11.6 Å². The van der Waals surface area contributed by atoms with Gasteiger partial charge in [0.25, 0.3) is 0 Å². The average molecular weight is 265 g/mol. The first-order chi connectivity index (χ1) is 9.61. The Kier molecular flexibility index (Phi) is 4.27. The largest absolute Gasteiger partial charge is 0.398 e. The smallest absolute Gasteiger partial charge is 0.0991 e. The van der Waals surface area contributed by atoms with Crippen LogP contribution in [0.15, 0.2) is 48.5 Å². The Morgan fingerprint density at radius 1 is 1.10 bits per heavy atom. The summed E-state index contributed by atoms with van der Waals surface area (Å²) in [5.41, 5.74) is 9.73. The highest BCUT2D eigenvalue weighted by molar-refractivity contribution is 5.54. The molecule has 0 fully saturated rings. The van der Waals surface area contributed by atoms with Crippen molar-refractivity contribution in [3.63, 3.8) is 0 Å². The Hall–Kier alpha value is -2.47. The van der Waals surface area contributed by atoms with E-state index in [1.807, 2.05) is 48.5 Å². The van der Waals surface area contributed by atoms with Crippen molar-refractivity contribution in [1.82, 2.24) is 0 Å². The minimum atomic E-state index is 0.350. The van der Waals surface area contributed by atoms with Crippen molar-refractivity contribution < 1.29 is 0 Å². The van der Waals surface area contributed by atoms with Gasteiger partial charge in [0.1, 0.15) is 0 Å². The van der Waals surface area contributed by atoms with E-state index in [1.165, 1.54) is 0 Å². The van der Waals surface area contributed by atoms with Gasteiger partial charge in [-0.05, 0) is 49.7 Å². The fraction of sp³-hybridized carbons (Fsp3) is 0.235. The summed E-state index contributed by atoms with van der Waals surface area (Å²) in [7, 11) is 0. The van der Waals surface area contributed by atoms with Gasteiger partial charge in [-0.1, -0.05) is 18.2 Å². The first kappa shape index (κ1) is 14.0. The molecule has 0 unspecified atom stereocenters. The summed E-state index contributed by atoms with van der Waals surface area (Å²) < 4.78 is 0. The average Bonchev–Trinajstić information content (AvgIpc) is 2.46. The molecule has 0 amide bonds. The van der Waals surface area contributed by atoms with Crippen LogP contribution >= 0.6 is 0 Å². The number of benzene rings is 2. The van der Waals surface area contributed by atoms with Crippen LogP contribution in [0.25, 0.3) is 0 Å². The topological polar surface area (TPSA) is 53.0 Å². The lowest BCUT2D eigenvalue weighted by Crippen LogP contribution is -2.30. The molecule has 2 rings (SSSR count). The van der Waals surface area contributed by atoms with E-state index >= 15 is 0 Å². The molecule has 20 heavy (non-hydrogen) atoms. The third-order valence-electron chi connectivity index (χ3n) is 3.35. The maximum atomic E-state index is 8.87. The van der Waals surface area contributed by atoms with Crippen molar-refractivity contribution >= 4 is 11.4 Å². The van der Waals surface area contributed by atoms with Gasteiger partial charge >= 0.3 is 0 Å². The monoisotopic (exact) mass is 265 g/mol. The van der Waals surface area contributed by atoms with Crippen molar-refractivity contribution in [2.24, 2.45) is 0 Å². The van der Waals surface area contributed by atoms with Crippen molar-refractivity contribution in [2.75, 3.05) is 10.6 Å². The zero-order valence-electron chi connectivity index (χ0n) is 11.9. The lowest BCUT2D eigenvalue weighted by Gasteiger charge is -2.29. The Bertz CT molecular complexity index is 609. The molecule has 2 aromatic carbocycles. The molecule has 0 aliphatic heterocycles. The summed E-state index contributed by atoms with van der Waals surface area (Å²) in [5, 5.41) is 8.87. The van der Waals surface area contributed by atoms with Crippen molar-refractivity contribution in [3.05, 3.63) is 59.7 Å². The SMILES string of the molecule is CC(C)N(Cc1ccccc1N)c1ccc(C#N)cc1. The van der Waals surface area contributed by atoms with Crippen LogP contribution in [0.2, 0.25) is 0 Å². The van der Waals surface area contributed by atoms with Gasteiger partial charge in [0.05, 0.1) is 11.6 Å². The quantitative estimate of drug-likeness (QED) is 0.860. The van der Waals surface area contributed by atoms with E-state index < -0.39 is 0 Å². The second-order valence-electron chi connectivity index (χ2n) is 5.08. The molecule has 2 N–H and O–H groups in total. The van der Waals surface area contributed by atoms with E-state index in [-0.39, 0.29) is 0 Å². The summed E-state index contributed by atoms with van der Waals surface area (Å²) in [5.74, 6) is 0. The molecule has 0 saturated carbocycles. The number of nitrogen functional groups attached to an aromatic ring is 1. The van der Waals surface area contributed by atoms with E-state index in [0.717, 1.165) is 23.5 Å². The highest BCUT2D eigenvalue weighted by atomic mass is 15.1. The van der Waals surface area contributed by atoms with Gasteiger partial charge in [-0.3, -0.25) is 0 Å². The predicted octanol–water partition coefficient (Wildman–Crippen LogP) is 3.56. The van der Waals surface area contributed by atoms with Gasteiger partial charge in [0, 0.05) is 24.0 Å². The number of nitrogens with two attached hydrogens (primary N) is 1. The third-order valence-corrected chi connectivity index (χ3v) is 3.35. The van der Waals surface area contributed by atoms with Gasteiger partial charge in [0.2, 0.25) is 0 Å². The fourth-order valence-corrected chi connectivity index (χ4v) is 2.16. The van der Waals surface area contributed by atoms with E-state index in [2.05, 4.69) is 24.8 Å². The minimum absolute atomic E-state index is 0.350. The number of nitriles is 1. The summed E-state index contributed by atoms with van der Waals surface area (Å²) >= 11 is 0. The van der Waals surface area contributed by atoms with Crippen LogP contribution in [0.3, 0.4) is 0 Å². The molecule has 0 radical (unpaired) electrons. The minimum Gasteiger partial charge on any atom is -0.398 e. The molecule has 2 aromatic rings. The summed E-state index contributed by atoms with van der Waals surface area (Å²) in [6, 6.07) is 18.1. The van der Waals surface area contributed by atoms with Crippen LogP contribution in [-0.2, 0) is 6.54 Å². The van der Waals surface area contributed by atoms with Crippen molar-refractivity contribution in [1.29, 1.82) is 5.26 Å². The second-order valence-corrected chi connectivity index (χ2v) is 5.08. The summed E-state index contributed by atoms with van der Waals surface area (Å²) in [4.78, 5) is 2.27. The third kappa shape index (κ3) is 3.10. The molecule has 102 valence electrons. The number of hydrogen-bond donors (Lipinski definition) is 1. The molecule has 0 atom stereocenters. The Balaban J connectivity index is 2.27. The highest BCUT2D eigenvalue weighted by Crippen LogP contribution is 2.22. The molecule has 0 aliphatic rings. The van der Waals surface area contributed by atoms with Crippen molar-refractivity contribution in [3.8, 4) is 6.07 Å². The Labute approximate surface area is 120 Å². The van der Waals surface area contributed by atoms with Crippen LogP contribution in [0, 0.1) is 11.3 Å². The highest BCUT2D eigenvalue weighted by Gasteiger charge is 2.12. The van der Waals surface area contributed by atoms with Crippen LogP contribution in [0.5, 0.6) is 0 Å². The number of para-hydroxylation sites is 1. The fourth-order valence-electron chi connectivity index (χ4n) is 2.16. The molecule has 3 heteroatoms. The van der Waals surface area contributed by atoms with Gasteiger partial charge in [0.15, 0.2) is 0 Å². The van der Waals surface area contributed by atoms with Gasteiger partial charge in [-0.15, -0.1) is 0 Å². The zero-order chi connectivity index (χ0) is 14.5. The Morgan fingerprint density at radius 3 is 2.30 bits per heavy atom. The number of nitrogens with zero attached hydrogens (tertiary/aromatic N) is 2. The van der Waals surface area contributed by atoms with Crippen LogP contribution < -0.4 is 10.6 Å². The molecular weight excluding hydrogens is 246 g/mol. The lowest BCUT2D eigenvalue weighted by atomic mass is 10.1. The van der Waals surface area contributed by atoms with Crippen LogP contribution in [0.1, 0.15) is 25.0 Å². The maximum Gasteiger partial charge on any atom is 0.0991 e. The molecule has 0 aliphatic carbocycles. The molecule has 0 spiro atoms. The maximum absolute atomic E-state index is 8.87. The van der Waals surface area contributed by atoms with Crippen molar-refractivity contribution in [2.45, 2.75) is 26.4 Å². The van der Waals surface area contributed by atoms with E-state index in [4.69, 9.17) is 11.0 Å². The lowest BCUT2D eigenvalue weighted by molar-refractivity contribution is 0.683. The van der Waals surface area contributed by atoms with Gasteiger partial charge < -0.3 is 10.6 Å². The van der Waals surface area contributed by atoms with Gasteiger partial charge in [-0.25, -0.2) is 0 Å². The Morgan fingerprint density at radius 2 is 1.75 bits per heavy atom. The molecule has 0 bridgehead atoms. The first-order valence-corrected chi connectivity index (χ1v) is 6.72. The second kappa shape index (κ2) is 6.12. The molecule has 0 saturated heterocycles. The summed E-state index contributed by atoms with van der Waals surface area (Å²) in [6.07, 6.45) is 0.